The van der Waals surface area contributed by atoms with E-state index in [-0.39, 0.29) is 17.5 Å². The highest BCUT2D eigenvalue weighted by Gasteiger charge is 2.36. The molecule has 9 heteroatoms. The topological polar surface area (TPSA) is 41.6 Å². The summed E-state index contributed by atoms with van der Waals surface area (Å²) in [5.41, 5.74) is -1.67. The Labute approximate surface area is 164 Å². The fourth-order valence-corrected chi connectivity index (χ4v) is 3.33. The number of hydrogen-bond acceptors (Lipinski definition) is 3. The number of carbonyl (C=O) groups is 1. The highest BCUT2D eigenvalue weighted by atomic mass is 19.4. The molecule has 156 valence electrons. The Hall–Kier alpha value is -2.68. The van der Waals surface area contributed by atoms with Crippen LogP contribution in [0.2, 0.25) is 0 Å². The van der Waals surface area contributed by atoms with Crippen LogP contribution >= 0.6 is 0 Å². The Morgan fingerprint density at radius 2 is 1.83 bits per heavy atom. The molecule has 0 spiro atoms. The van der Waals surface area contributed by atoms with E-state index < -0.39 is 34.8 Å². The van der Waals surface area contributed by atoms with Gasteiger partial charge in [-0.25, -0.2) is 8.78 Å². The molecular formula is C20H19F5N2O2. The van der Waals surface area contributed by atoms with Crippen LogP contribution in [0.3, 0.4) is 0 Å². The minimum Gasteiger partial charge on any atom is -0.381 e. The lowest BCUT2D eigenvalue weighted by molar-refractivity contribution is -0.137. The standard InChI is InChI=1S/C20H19F5N2O2/c1-29-13-7-9-27(10-8-13)17-6-5-12(11-15(17)20(23,24)25)26-19(28)14-3-2-4-16(21)18(14)22/h2-6,11,13H,7-10H2,1H3,(H,26,28). The second kappa shape index (κ2) is 8.36. The largest absolute Gasteiger partial charge is 0.418 e. The van der Waals surface area contributed by atoms with Crippen molar-refractivity contribution in [3.8, 4) is 0 Å². The molecule has 29 heavy (non-hydrogen) atoms. The van der Waals surface area contributed by atoms with E-state index in [9.17, 15) is 26.7 Å². The van der Waals surface area contributed by atoms with Gasteiger partial charge in [-0.15, -0.1) is 0 Å². The summed E-state index contributed by atoms with van der Waals surface area (Å²) in [6.07, 6.45) is -3.44. The van der Waals surface area contributed by atoms with Crippen LogP contribution in [0.15, 0.2) is 36.4 Å². The minimum atomic E-state index is -4.65. The molecule has 1 N–H and O–H groups in total. The molecule has 0 atom stereocenters. The SMILES string of the molecule is COC1CCN(c2ccc(NC(=O)c3cccc(F)c3F)cc2C(F)(F)F)CC1. The van der Waals surface area contributed by atoms with E-state index in [4.69, 9.17) is 4.74 Å². The van der Waals surface area contributed by atoms with E-state index in [0.29, 0.717) is 25.9 Å². The summed E-state index contributed by atoms with van der Waals surface area (Å²) in [6.45, 7) is 0.809. The van der Waals surface area contributed by atoms with E-state index in [1.807, 2.05) is 0 Å². The molecular weight excluding hydrogens is 395 g/mol. The first-order chi connectivity index (χ1) is 13.7. The van der Waals surface area contributed by atoms with Gasteiger partial charge in [-0.05, 0) is 43.2 Å². The number of piperidine rings is 1. The van der Waals surface area contributed by atoms with E-state index in [1.54, 1.807) is 12.0 Å². The summed E-state index contributed by atoms with van der Waals surface area (Å²) in [5.74, 6) is -3.62. The van der Waals surface area contributed by atoms with Gasteiger partial charge in [0.05, 0.1) is 17.2 Å². The van der Waals surface area contributed by atoms with Crippen LogP contribution in [0.4, 0.5) is 33.3 Å². The summed E-state index contributed by atoms with van der Waals surface area (Å²) in [4.78, 5) is 13.8. The fraction of sp³-hybridized carbons (Fsp3) is 0.350. The average molecular weight is 414 g/mol. The lowest BCUT2D eigenvalue weighted by Crippen LogP contribution is -2.37. The third-order valence-corrected chi connectivity index (χ3v) is 4.87. The van der Waals surface area contributed by atoms with Crippen molar-refractivity contribution in [1.82, 2.24) is 0 Å². The van der Waals surface area contributed by atoms with Gasteiger partial charge in [-0.1, -0.05) is 6.07 Å². The van der Waals surface area contributed by atoms with Gasteiger partial charge in [-0.2, -0.15) is 13.2 Å². The van der Waals surface area contributed by atoms with Crippen molar-refractivity contribution in [2.24, 2.45) is 0 Å². The second-order valence-electron chi connectivity index (χ2n) is 6.71. The molecule has 1 heterocycles. The lowest BCUT2D eigenvalue weighted by atomic mass is 10.0. The predicted octanol–water partition coefficient (Wildman–Crippen LogP) is 4.85. The second-order valence-corrected chi connectivity index (χ2v) is 6.71. The Bertz CT molecular complexity index is 893. The van der Waals surface area contributed by atoms with Crippen molar-refractivity contribution in [2.45, 2.75) is 25.1 Å². The molecule has 0 bridgehead atoms. The van der Waals surface area contributed by atoms with E-state index in [0.717, 1.165) is 24.3 Å². The number of alkyl halides is 3. The van der Waals surface area contributed by atoms with Crippen LogP contribution in [-0.4, -0.2) is 32.2 Å². The molecule has 1 saturated heterocycles. The molecule has 1 aliphatic rings. The molecule has 0 unspecified atom stereocenters. The Morgan fingerprint density at radius 1 is 1.14 bits per heavy atom. The Kier molecular flexibility index (Phi) is 6.07. The van der Waals surface area contributed by atoms with Gasteiger partial charge in [0.25, 0.3) is 5.91 Å². The molecule has 0 aliphatic carbocycles. The number of nitrogens with zero attached hydrogens (tertiary/aromatic N) is 1. The first kappa shape index (κ1) is 21.0. The summed E-state index contributed by atoms with van der Waals surface area (Å²) in [5, 5.41) is 2.20. The highest BCUT2D eigenvalue weighted by molar-refractivity contribution is 6.04. The molecule has 2 aromatic carbocycles. The van der Waals surface area contributed by atoms with Gasteiger partial charge in [0.2, 0.25) is 0 Å². The van der Waals surface area contributed by atoms with Gasteiger partial charge in [0, 0.05) is 31.6 Å². The summed E-state index contributed by atoms with van der Waals surface area (Å²) in [7, 11) is 1.57. The molecule has 0 aromatic heterocycles. The van der Waals surface area contributed by atoms with Crippen LogP contribution in [0.25, 0.3) is 0 Å². The average Bonchev–Trinajstić information content (AvgIpc) is 2.69. The zero-order valence-electron chi connectivity index (χ0n) is 15.5. The smallest absolute Gasteiger partial charge is 0.381 e. The monoisotopic (exact) mass is 414 g/mol. The van der Waals surface area contributed by atoms with Crippen LogP contribution in [0.5, 0.6) is 0 Å². The zero-order valence-corrected chi connectivity index (χ0v) is 15.5. The van der Waals surface area contributed by atoms with Gasteiger partial charge in [0.1, 0.15) is 0 Å². The quantitative estimate of drug-likeness (QED) is 0.728. The molecule has 0 radical (unpaired) electrons. The molecule has 4 nitrogen and oxygen atoms in total. The zero-order chi connectivity index (χ0) is 21.2. The first-order valence-electron chi connectivity index (χ1n) is 8.95. The van der Waals surface area contributed by atoms with Gasteiger partial charge in [-0.3, -0.25) is 4.79 Å². The van der Waals surface area contributed by atoms with Crippen molar-refractivity contribution >= 4 is 17.3 Å². The van der Waals surface area contributed by atoms with Crippen LogP contribution in [0, 0.1) is 11.6 Å². The molecule has 0 saturated carbocycles. The van der Waals surface area contributed by atoms with Gasteiger partial charge in [0.15, 0.2) is 11.6 Å². The number of nitrogens with one attached hydrogen (secondary N) is 1. The lowest BCUT2D eigenvalue weighted by Gasteiger charge is -2.34. The normalized spacial score (nSPS) is 15.4. The molecule has 1 fully saturated rings. The number of ether oxygens (including phenoxy) is 1. The molecule has 3 rings (SSSR count). The van der Waals surface area contributed by atoms with Gasteiger partial charge < -0.3 is 15.0 Å². The van der Waals surface area contributed by atoms with Crippen molar-refractivity contribution in [2.75, 3.05) is 30.4 Å². The van der Waals surface area contributed by atoms with Crippen molar-refractivity contribution in [3.05, 3.63) is 59.2 Å². The summed E-state index contributed by atoms with van der Waals surface area (Å²) < 4.78 is 73.2. The maximum Gasteiger partial charge on any atom is 0.418 e. The van der Waals surface area contributed by atoms with E-state index >= 15 is 0 Å². The van der Waals surface area contributed by atoms with Crippen molar-refractivity contribution in [1.29, 1.82) is 0 Å². The number of hydrogen-bond donors (Lipinski definition) is 1. The van der Waals surface area contributed by atoms with Crippen LogP contribution in [-0.2, 0) is 10.9 Å². The third kappa shape index (κ3) is 4.67. The van der Waals surface area contributed by atoms with Crippen molar-refractivity contribution in [3.63, 3.8) is 0 Å². The Balaban J connectivity index is 1.86. The Morgan fingerprint density at radius 3 is 2.45 bits per heavy atom. The highest BCUT2D eigenvalue weighted by Crippen LogP contribution is 2.39. The number of benzene rings is 2. The molecule has 1 amide bonds. The van der Waals surface area contributed by atoms with E-state index in [1.165, 1.54) is 12.1 Å². The number of methoxy groups -OCH3 is 1. The number of halogens is 5. The molecule has 1 aliphatic heterocycles. The maximum atomic E-state index is 13.8. The number of carbonyl (C=O) groups excluding carboxylic acids is 1. The van der Waals surface area contributed by atoms with Crippen LogP contribution in [0.1, 0.15) is 28.8 Å². The van der Waals surface area contributed by atoms with Crippen LogP contribution < -0.4 is 10.2 Å². The minimum absolute atomic E-state index is 0.00184. The first-order valence-corrected chi connectivity index (χ1v) is 8.95. The van der Waals surface area contributed by atoms with Gasteiger partial charge >= 0.3 is 6.18 Å². The predicted molar refractivity (Wildman–Crippen MR) is 98.0 cm³/mol. The number of amides is 1. The maximum absolute atomic E-state index is 13.8. The summed E-state index contributed by atoms with van der Waals surface area (Å²) in [6, 6.07) is 6.41. The fourth-order valence-electron chi connectivity index (χ4n) is 3.33. The number of anilines is 2. The third-order valence-electron chi connectivity index (χ3n) is 4.87. The number of rotatable bonds is 4. The molecule has 2 aromatic rings. The van der Waals surface area contributed by atoms with E-state index in [2.05, 4.69) is 5.32 Å². The van der Waals surface area contributed by atoms with Crippen molar-refractivity contribution < 1.29 is 31.5 Å². The summed E-state index contributed by atoms with van der Waals surface area (Å²) >= 11 is 0.